The molecule has 0 aromatic carbocycles. The molecule has 0 unspecified atom stereocenters. The van der Waals surface area contributed by atoms with Crippen LogP contribution >= 0.6 is 0 Å². The van der Waals surface area contributed by atoms with Crippen LogP contribution in [0.2, 0.25) is 0 Å². The minimum Gasteiger partial charge on any atom is -0.378 e. The lowest BCUT2D eigenvalue weighted by Gasteiger charge is -2.26. The Morgan fingerprint density at radius 2 is 2.04 bits per heavy atom. The minimum atomic E-state index is -0.382. The van der Waals surface area contributed by atoms with Crippen molar-refractivity contribution in [3.05, 3.63) is 47.0 Å². The van der Waals surface area contributed by atoms with Crippen molar-refractivity contribution in [2.75, 3.05) is 26.3 Å². The zero-order chi connectivity index (χ0) is 18.6. The number of aromatic nitrogens is 5. The van der Waals surface area contributed by atoms with E-state index in [4.69, 9.17) is 9.26 Å². The van der Waals surface area contributed by atoms with E-state index >= 15 is 0 Å². The van der Waals surface area contributed by atoms with Gasteiger partial charge in [-0.3, -0.25) is 14.6 Å². The van der Waals surface area contributed by atoms with Gasteiger partial charge < -0.3 is 14.2 Å². The fourth-order valence-corrected chi connectivity index (χ4v) is 2.66. The molecular weight excluding hydrogens is 352 g/mol. The molecule has 3 aromatic heterocycles. The van der Waals surface area contributed by atoms with Crippen LogP contribution in [0.15, 0.2) is 46.0 Å². The van der Waals surface area contributed by atoms with Crippen LogP contribution in [0, 0.1) is 0 Å². The number of carbonyl (C=O) groups excluding carboxylic acids is 1. The first-order valence-electron chi connectivity index (χ1n) is 8.39. The molecule has 0 N–H and O–H groups in total. The standard InChI is InChI=1S/C17H16N6O4/c24-14-4-3-13(17-19-16(21-27-17)12-2-1-5-18-10-12)20-23(14)11-15(25)22-6-8-26-9-7-22/h1-5,10H,6-9,11H2. The number of amides is 1. The first-order valence-corrected chi connectivity index (χ1v) is 8.39. The summed E-state index contributed by atoms with van der Waals surface area (Å²) in [6, 6.07) is 6.37. The van der Waals surface area contributed by atoms with Crippen molar-refractivity contribution >= 4 is 5.91 Å². The molecule has 0 aliphatic carbocycles. The molecular formula is C17H16N6O4. The van der Waals surface area contributed by atoms with E-state index in [1.54, 1.807) is 29.4 Å². The third-order valence-corrected chi connectivity index (χ3v) is 4.08. The predicted octanol–water partition coefficient (Wildman–Crippen LogP) is 0.214. The number of nitrogens with zero attached hydrogens (tertiary/aromatic N) is 6. The Morgan fingerprint density at radius 3 is 2.81 bits per heavy atom. The lowest BCUT2D eigenvalue weighted by atomic mass is 10.3. The van der Waals surface area contributed by atoms with Gasteiger partial charge in [0.2, 0.25) is 11.7 Å². The number of morpholine rings is 1. The Hall–Kier alpha value is -3.40. The van der Waals surface area contributed by atoms with Crippen LogP contribution in [0.3, 0.4) is 0 Å². The summed E-state index contributed by atoms with van der Waals surface area (Å²) in [6.45, 7) is 1.84. The van der Waals surface area contributed by atoms with Crippen LogP contribution < -0.4 is 5.56 Å². The highest BCUT2D eigenvalue weighted by Crippen LogP contribution is 2.19. The van der Waals surface area contributed by atoms with Crippen molar-refractivity contribution in [3.63, 3.8) is 0 Å². The Labute approximate surface area is 153 Å². The van der Waals surface area contributed by atoms with Crippen molar-refractivity contribution in [1.29, 1.82) is 0 Å². The topological polar surface area (TPSA) is 116 Å². The Balaban J connectivity index is 1.56. The van der Waals surface area contributed by atoms with Gasteiger partial charge in [-0.15, -0.1) is 0 Å². The number of ether oxygens (including phenoxy) is 1. The summed E-state index contributed by atoms with van der Waals surface area (Å²) >= 11 is 0. The molecule has 1 aliphatic rings. The summed E-state index contributed by atoms with van der Waals surface area (Å²) in [7, 11) is 0. The molecule has 0 atom stereocenters. The number of rotatable bonds is 4. The summed E-state index contributed by atoms with van der Waals surface area (Å²) in [5.41, 5.74) is 0.627. The molecule has 1 aliphatic heterocycles. The van der Waals surface area contributed by atoms with Crippen LogP contribution in [-0.2, 0) is 16.1 Å². The van der Waals surface area contributed by atoms with Crippen LogP contribution in [-0.4, -0.2) is 62.0 Å². The molecule has 0 radical (unpaired) electrons. The Bertz CT molecular complexity index is 994. The highest BCUT2D eigenvalue weighted by molar-refractivity contribution is 5.76. The van der Waals surface area contributed by atoms with Crippen molar-refractivity contribution in [3.8, 4) is 23.0 Å². The molecule has 3 aromatic rings. The molecule has 4 heterocycles. The van der Waals surface area contributed by atoms with Crippen molar-refractivity contribution in [2.24, 2.45) is 0 Å². The second-order valence-electron chi connectivity index (χ2n) is 5.87. The Kier molecular flexibility index (Phi) is 4.71. The van der Waals surface area contributed by atoms with E-state index in [0.717, 1.165) is 4.68 Å². The maximum Gasteiger partial charge on any atom is 0.278 e. The van der Waals surface area contributed by atoms with Crippen LogP contribution in [0.25, 0.3) is 23.0 Å². The maximum absolute atomic E-state index is 12.4. The molecule has 4 rings (SSSR count). The summed E-state index contributed by atoms with van der Waals surface area (Å²) in [5, 5.41) is 8.10. The van der Waals surface area contributed by atoms with Crippen molar-refractivity contribution in [2.45, 2.75) is 6.54 Å². The molecule has 1 saturated heterocycles. The third kappa shape index (κ3) is 3.75. The second kappa shape index (κ2) is 7.46. The van der Waals surface area contributed by atoms with Crippen LogP contribution in [0.1, 0.15) is 0 Å². The summed E-state index contributed by atoms with van der Waals surface area (Å²) in [6.07, 6.45) is 3.26. The minimum absolute atomic E-state index is 0.154. The molecule has 1 amide bonds. The molecule has 0 saturated carbocycles. The van der Waals surface area contributed by atoms with E-state index in [9.17, 15) is 9.59 Å². The van der Waals surface area contributed by atoms with Gasteiger partial charge >= 0.3 is 0 Å². The van der Waals surface area contributed by atoms with E-state index in [1.807, 2.05) is 0 Å². The lowest BCUT2D eigenvalue weighted by Crippen LogP contribution is -2.43. The number of carbonyl (C=O) groups is 1. The average Bonchev–Trinajstić information content (AvgIpc) is 3.21. The summed E-state index contributed by atoms with van der Waals surface area (Å²) in [4.78, 5) is 34.4. The fourth-order valence-electron chi connectivity index (χ4n) is 2.66. The van der Waals surface area contributed by atoms with E-state index < -0.39 is 0 Å². The molecule has 10 heteroatoms. The van der Waals surface area contributed by atoms with Crippen LogP contribution in [0.5, 0.6) is 0 Å². The maximum atomic E-state index is 12.4. The molecule has 0 bridgehead atoms. The lowest BCUT2D eigenvalue weighted by molar-refractivity contribution is -0.136. The smallest absolute Gasteiger partial charge is 0.278 e. The zero-order valence-corrected chi connectivity index (χ0v) is 14.3. The van der Waals surface area contributed by atoms with E-state index in [0.29, 0.717) is 43.4 Å². The van der Waals surface area contributed by atoms with Gasteiger partial charge in [0.15, 0.2) is 0 Å². The van der Waals surface area contributed by atoms with Crippen LogP contribution in [0.4, 0.5) is 0 Å². The highest BCUT2D eigenvalue weighted by Gasteiger charge is 2.19. The molecule has 1 fully saturated rings. The number of hydrogen-bond donors (Lipinski definition) is 0. The van der Waals surface area contributed by atoms with Gasteiger partial charge in [0.25, 0.3) is 11.4 Å². The predicted molar refractivity (Wildman–Crippen MR) is 92.4 cm³/mol. The zero-order valence-electron chi connectivity index (χ0n) is 14.3. The van der Waals surface area contributed by atoms with Gasteiger partial charge in [0.1, 0.15) is 12.2 Å². The molecule has 138 valence electrons. The quantitative estimate of drug-likeness (QED) is 0.642. The third-order valence-electron chi connectivity index (χ3n) is 4.08. The van der Waals surface area contributed by atoms with Gasteiger partial charge in [-0.2, -0.15) is 10.1 Å². The largest absolute Gasteiger partial charge is 0.378 e. The molecule has 0 spiro atoms. The number of pyridine rings is 1. The van der Waals surface area contributed by atoms with Crippen molar-refractivity contribution in [1.82, 2.24) is 29.8 Å². The van der Waals surface area contributed by atoms with Crippen molar-refractivity contribution < 1.29 is 14.1 Å². The van der Waals surface area contributed by atoms with E-state index in [2.05, 4.69) is 20.2 Å². The first kappa shape index (κ1) is 17.0. The SMILES string of the molecule is O=C(Cn1nc(-c2nc(-c3cccnc3)no2)ccc1=O)N1CCOCC1. The first-order chi connectivity index (χ1) is 13.2. The highest BCUT2D eigenvalue weighted by atomic mass is 16.5. The van der Waals surface area contributed by atoms with Gasteiger partial charge in [0.05, 0.1) is 13.2 Å². The number of hydrogen-bond acceptors (Lipinski definition) is 8. The second-order valence-corrected chi connectivity index (χ2v) is 5.87. The normalized spacial score (nSPS) is 14.3. The van der Waals surface area contributed by atoms with Gasteiger partial charge in [0, 0.05) is 37.1 Å². The van der Waals surface area contributed by atoms with Gasteiger partial charge in [-0.1, -0.05) is 5.16 Å². The van der Waals surface area contributed by atoms with E-state index in [-0.39, 0.29) is 23.9 Å². The van der Waals surface area contributed by atoms with E-state index in [1.165, 1.54) is 12.1 Å². The molecule has 10 nitrogen and oxygen atoms in total. The molecule has 27 heavy (non-hydrogen) atoms. The Morgan fingerprint density at radius 1 is 1.19 bits per heavy atom. The fraction of sp³-hybridized carbons (Fsp3) is 0.294. The van der Waals surface area contributed by atoms with Gasteiger partial charge in [-0.05, 0) is 18.2 Å². The summed E-state index contributed by atoms with van der Waals surface area (Å²) in [5.74, 6) is 0.329. The summed E-state index contributed by atoms with van der Waals surface area (Å²) < 4.78 is 11.6. The monoisotopic (exact) mass is 368 g/mol. The van der Waals surface area contributed by atoms with Gasteiger partial charge in [-0.25, -0.2) is 4.68 Å². The average molecular weight is 368 g/mol.